The highest BCUT2D eigenvalue weighted by molar-refractivity contribution is 6.00. The zero-order chi connectivity index (χ0) is 23.4. The second-order valence-electron chi connectivity index (χ2n) is 7.66. The Morgan fingerprint density at radius 3 is 2.35 bits per heavy atom. The highest BCUT2D eigenvalue weighted by atomic mass is 15.0. The lowest BCUT2D eigenvalue weighted by Crippen LogP contribution is -2.17. The Hall–Kier alpha value is -3.14. The van der Waals surface area contributed by atoms with Gasteiger partial charge in [0.1, 0.15) is 5.82 Å². The summed E-state index contributed by atoms with van der Waals surface area (Å²) >= 11 is 0. The third-order valence-electron chi connectivity index (χ3n) is 4.74. The van der Waals surface area contributed by atoms with E-state index in [1.165, 1.54) is 0 Å². The van der Waals surface area contributed by atoms with E-state index in [1.807, 2.05) is 51.1 Å². The van der Waals surface area contributed by atoms with Crippen LogP contribution in [0.2, 0.25) is 0 Å². The van der Waals surface area contributed by atoms with Crippen LogP contribution in [0.5, 0.6) is 0 Å². The molecule has 0 spiro atoms. The van der Waals surface area contributed by atoms with Gasteiger partial charge in [-0.2, -0.15) is 0 Å². The van der Waals surface area contributed by atoms with E-state index < -0.39 is 0 Å². The van der Waals surface area contributed by atoms with Gasteiger partial charge in [0, 0.05) is 57.3 Å². The summed E-state index contributed by atoms with van der Waals surface area (Å²) in [6.07, 6.45) is 7.45. The van der Waals surface area contributed by atoms with Crippen LogP contribution in [-0.2, 0) is 0 Å². The summed E-state index contributed by atoms with van der Waals surface area (Å²) < 4.78 is 0. The molecule has 1 N–H and O–H groups in total. The number of hydrogen-bond acceptors (Lipinski definition) is 4. The summed E-state index contributed by atoms with van der Waals surface area (Å²) in [5.41, 5.74) is 7.04. The molecule has 4 nitrogen and oxygen atoms in total. The number of aliphatic imine (C=N–C) groups is 2. The molecule has 0 unspecified atom stereocenters. The molecule has 0 fully saturated rings. The molecule has 31 heavy (non-hydrogen) atoms. The van der Waals surface area contributed by atoms with Crippen molar-refractivity contribution in [2.45, 2.75) is 33.6 Å². The van der Waals surface area contributed by atoms with E-state index in [0.29, 0.717) is 6.42 Å². The second-order valence-corrected chi connectivity index (χ2v) is 7.66. The standard InChI is InChI=1S/C27H38N4/c1-10-16-29-27(26(12-3)20(4)17-21(5)28-7)30-22(6)24-14-13-15-25(18-24)23(11-2)19-31(8)9/h11-15,18-19,29H,2-4,10,16-17H2,1,5-9H3/b23-19+,27-26+,28-21?,30-22?. The zero-order valence-electron chi connectivity index (χ0n) is 20.1. The number of rotatable bonds is 12. The molecule has 4 heteroatoms. The Morgan fingerprint density at radius 1 is 1.13 bits per heavy atom. The average Bonchev–Trinajstić information content (AvgIpc) is 2.75. The van der Waals surface area contributed by atoms with E-state index in [9.17, 15) is 0 Å². The minimum absolute atomic E-state index is 0.692. The van der Waals surface area contributed by atoms with Gasteiger partial charge in [-0.25, -0.2) is 4.99 Å². The smallest absolute Gasteiger partial charge is 0.133 e. The molecule has 1 rings (SSSR count). The van der Waals surface area contributed by atoms with Crippen LogP contribution >= 0.6 is 0 Å². The van der Waals surface area contributed by atoms with Gasteiger partial charge in [0.2, 0.25) is 0 Å². The lowest BCUT2D eigenvalue weighted by molar-refractivity contribution is 0.566. The molecule has 0 aliphatic rings. The van der Waals surface area contributed by atoms with Crippen LogP contribution in [0.25, 0.3) is 5.57 Å². The molecule has 0 saturated carbocycles. The van der Waals surface area contributed by atoms with Gasteiger partial charge in [-0.3, -0.25) is 4.99 Å². The first kappa shape index (κ1) is 25.9. The highest BCUT2D eigenvalue weighted by Crippen LogP contribution is 2.21. The van der Waals surface area contributed by atoms with Crippen molar-refractivity contribution in [3.8, 4) is 0 Å². The fraction of sp³-hybridized carbons (Fsp3) is 0.333. The summed E-state index contributed by atoms with van der Waals surface area (Å²) in [6, 6.07) is 8.35. The van der Waals surface area contributed by atoms with Crippen LogP contribution in [0.3, 0.4) is 0 Å². The summed E-state index contributed by atoms with van der Waals surface area (Å²) in [5.74, 6) is 0.793. The van der Waals surface area contributed by atoms with Crippen molar-refractivity contribution in [3.05, 3.63) is 90.4 Å². The molecule has 0 bridgehead atoms. The Balaban J connectivity index is 3.45. The fourth-order valence-corrected chi connectivity index (χ4v) is 3.01. The molecule has 0 aliphatic carbocycles. The van der Waals surface area contributed by atoms with Gasteiger partial charge in [0.05, 0.1) is 0 Å². The van der Waals surface area contributed by atoms with Crippen molar-refractivity contribution in [2.24, 2.45) is 9.98 Å². The lowest BCUT2D eigenvalue weighted by Gasteiger charge is -2.15. The number of nitrogens with zero attached hydrogens (tertiary/aromatic N) is 3. The van der Waals surface area contributed by atoms with Crippen molar-refractivity contribution in [2.75, 3.05) is 27.7 Å². The summed E-state index contributed by atoms with van der Waals surface area (Å²) in [5, 5.41) is 3.45. The van der Waals surface area contributed by atoms with Gasteiger partial charge >= 0.3 is 0 Å². The molecule has 0 amide bonds. The molecule has 1 aromatic carbocycles. The molecule has 166 valence electrons. The van der Waals surface area contributed by atoms with Crippen LogP contribution in [0.1, 0.15) is 44.7 Å². The number of benzene rings is 1. The normalized spacial score (nSPS) is 13.4. The molecular weight excluding hydrogens is 380 g/mol. The Morgan fingerprint density at radius 2 is 1.81 bits per heavy atom. The second kappa shape index (κ2) is 13.2. The molecule has 1 aromatic rings. The monoisotopic (exact) mass is 418 g/mol. The molecule has 0 aliphatic heterocycles. The Labute approximate surface area is 189 Å². The van der Waals surface area contributed by atoms with E-state index in [0.717, 1.165) is 58.1 Å². The number of hydrogen-bond donors (Lipinski definition) is 1. The van der Waals surface area contributed by atoms with Crippen LogP contribution in [0.15, 0.2) is 89.3 Å². The molecule has 0 heterocycles. The van der Waals surface area contributed by atoms with Gasteiger partial charge in [0.15, 0.2) is 0 Å². The van der Waals surface area contributed by atoms with Crippen LogP contribution < -0.4 is 5.32 Å². The van der Waals surface area contributed by atoms with E-state index in [-0.39, 0.29) is 0 Å². The number of allylic oxidation sites excluding steroid dienone is 5. The van der Waals surface area contributed by atoms with E-state index in [4.69, 9.17) is 4.99 Å². The van der Waals surface area contributed by atoms with Crippen LogP contribution in [0.4, 0.5) is 0 Å². The van der Waals surface area contributed by atoms with Crippen LogP contribution in [-0.4, -0.2) is 44.0 Å². The average molecular weight is 419 g/mol. The third kappa shape index (κ3) is 8.25. The van der Waals surface area contributed by atoms with E-state index >= 15 is 0 Å². The first-order valence-electron chi connectivity index (χ1n) is 10.6. The first-order chi connectivity index (χ1) is 14.8. The van der Waals surface area contributed by atoms with Gasteiger partial charge in [-0.1, -0.05) is 57.0 Å². The van der Waals surface area contributed by atoms with E-state index in [2.05, 4.69) is 61.4 Å². The Kier molecular flexibility index (Phi) is 11.0. The van der Waals surface area contributed by atoms with Crippen molar-refractivity contribution in [3.63, 3.8) is 0 Å². The van der Waals surface area contributed by atoms with E-state index in [1.54, 1.807) is 7.05 Å². The van der Waals surface area contributed by atoms with Gasteiger partial charge in [0.25, 0.3) is 0 Å². The van der Waals surface area contributed by atoms with Crippen molar-refractivity contribution in [1.82, 2.24) is 10.2 Å². The van der Waals surface area contributed by atoms with Gasteiger partial charge in [-0.05, 0) is 48.6 Å². The highest BCUT2D eigenvalue weighted by Gasteiger charge is 2.10. The maximum Gasteiger partial charge on any atom is 0.133 e. The van der Waals surface area contributed by atoms with Crippen molar-refractivity contribution in [1.29, 1.82) is 0 Å². The lowest BCUT2D eigenvalue weighted by atomic mass is 10.0. The molecule has 0 radical (unpaired) electrons. The predicted molar refractivity (Wildman–Crippen MR) is 139 cm³/mol. The number of nitrogens with one attached hydrogen (secondary N) is 1. The fourth-order valence-electron chi connectivity index (χ4n) is 3.01. The topological polar surface area (TPSA) is 40.0 Å². The van der Waals surface area contributed by atoms with Gasteiger partial charge < -0.3 is 10.2 Å². The largest absolute Gasteiger partial charge is 0.383 e. The molecule has 0 saturated heterocycles. The Bertz CT molecular complexity index is 911. The molecular formula is C27H38N4. The minimum Gasteiger partial charge on any atom is -0.383 e. The minimum atomic E-state index is 0.692. The SMILES string of the molecule is C=C/C(=C\N(C)C)c1cccc(C(C)=N/C(NCCC)=C(\C=C)C(=C)CC(C)=NC)c1. The third-order valence-corrected chi connectivity index (χ3v) is 4.74. The maximum atomic E-state index is 4.95. The molecule has 0 atom stereocenters. The van der Waals surface area contributed by atoms with Crippen molar-refractivity contribution < 1.29 is 0 Å². The van der Waals surface area contributed by atoms with Crippen LogP contribution in [0, 0.1) is 0 Å². The quantitative estimate of drug-likeness (QED) is 0.333. The first-order valence-corrected chi connectivity index (χ1v) is 10.6. The zero-order valence-corrected chi connectivity index (χ0v) is 20.1. The predicted octanol–water partition coefficient (Wildman–Crippen LogP) is 6.02. The van der Waals surface area contributed by atoms with Gasteiger partial charge in [-0.15, -0.1) is 0 Å². The maximum absolute atomic E-state index is 4.95. The van der Waals surface area contributed by atoms with Crippen molar-refractivity contribution >= 4 is 17.0 Å². The summed E-state index contributed by atoms with van der Waals surface area (Å²) in [4.78, 5) is 11.2. The summed E-state index contributed by atoms with van der Waals surface area (Å²) in [7, 11) is 5.81. The summed E-state index contributed by atoms with van der Waals surface area (Å²) in [6.45, 7) is 19.2. The molecule has 0 aromatic heterocycles.